The van der Waals surface area contributed by atoms with Crippen LogP contribution in [0.15, 0.2) is 36.4 Å². The summed E-state index contributed by atoms with van der Waals surface area (Å²) in [5, 5.41) is 7.33. The number of halogens is 2. The van der Waals surface area contributed by atoms with Crippen LogP contribution in [0.5, 0.6) is 0 Å². The highest BCUT2D eigenvalue weighted by atomic mass is 35.5. The van der Waals surface area contributed by atoms with Gasteiger partial charge >= 0.3 is 0 Å². The van der Waals surface area contributed by atoms with Crippen molar-refractivity contribution < 1.29 is 4.79 Å². The Labute approximate surface area is 165 Å². The lowest BCUT2D eigenvalue weighted by Gasteiger charge is -2.34. The third kappa shape index (κ3) is 3.90. The molecule has 138 valence electrons. The molecule has 0 aliphatic heterocycles. The minimum absolute atomic E-state index is 0.0699. The Morgan fingerprint density at radius 2 is 1.92 bits per heavy atom. The van der Waals surface area contributed by atoms with Crippen LogP contribution >= 0.6 is 23.2 Å². The number of hydrogen-bond acceptors (Lipinski definition) is 2. The van der Waals surface area contributed by atoms with E-state index in [2.05, 4.69) is 34.9 Å². The zero-order valence-electron chi connectivity index (χ0n) is 15.1. The summed E-state index contributed by atoms with van der Waals surface area (Å²) in [5.41, 5.74) is 5.10. The monoisotopic (exact) mass is 390 g/mol. The summed E-state index contributed by atoms with van der Waals surface area (Å²) in [7, 11) is 3.68. The van der Waals surface area contributed by atoms with Crippen molar-refractivity contribution in [1.29, 1.82) is 0 Å². The third-order valence-electron chi connectivity index (χ3n) is 5.29. The van der Waals surface area contributed by atoms with Gasteiger partial charge in [0.15, 0.2) is 0 Å². The quantitative estimate of drug-likeness (QED) is 0.765. The van der Waals surface area contributed by atoms with Crippen molar-refractivity contribution in [3.63, 3.8) is 0 Å². The number of amides is 1. The number of rotatable bonds is 5. The minimum atomic E-state index is 0.0699. The molecule has 2 aromatic rings. The maximum Gasteiger partial charge on any atom is 0.220 e. The van der Waals surface area contributed by atoms with Gasteiger partial charge in [0.1, 0.15) is 0 Å². The van der Waals surface area contributed by atoms with Crippen LogP contribution in [0.3, 0.4) is 0 Å². The number of carbonyl (C=O) groups excluding carboxylic acids is 1. The van der Waals surface area contributed by atoms with Gasteiger partial charge in [0, 0.05) is 25.4 Å². The van der Waals surface area contributed by atoms with Crippen molar-refractivity contribution in [2.45, 2.75) is 37.6 Å². The summed E-state index contributed by atoms with van der Waals surface area (Å²) in [6.45, 7) is 0. The Bertz CT molecular complexity index is 807. The second-order valence-corrected chi connectivity index (χ2v) is 7.55. The number of nitrogens with one attached hydrogen (secondary N) is 2. The second kappa shape index (κ2) is 8.43. The van der Waals surface area contributed by atoms with Gasteiger partial charge in [-0.3, -0.25) is 4.79 Å². The molecule has 26 heavy (non-hydrogen) atoms. The Kier molecular flexibility index (Phi) is 6.23. The van der Waals surface area contributed by atoms with E-state index in [1.807, 2.05) is 19.2 Å². The summed E-state index contributed by atoms with van der Waals surface area (Å²) in [6, 6.07) is 12.7. The maximum absolute atomic E-state index is 11.7. The van der Waals surface area contributed by atoms with Crippen LogP contribution in [0, 0.1) is 0 Å². The van der Waals surface area contributed by atoms with E-state index in [9.17, 15) is 4.79 Å². The number of fused-ring (bicyclic) bond motifs is 1. The molecular weight excluding hydrogens is 367 g/mol. The van der Waals surface area contributed by atoms with Crippen molar-refractivity contribution in [3.05, 3.63) is 68.7 Å². The molecule has 0 bridgehead atoms. The van der Waals surface area contributed by atoms with Gasteiger partial charge in [-0.15, -0.1) is 0 Å². The Morgan fingerprint density at radius 1 is 1.12 bits per heavy atom. The van der Waals surface area contributed by atoms with Gasteiger partial charge in [-0.05, 0) is 60.7 Å². The van der Waals surface area contributed by atoms with E-state index in [1.165, 1.54) is 22.3 Å². The van der Waals surface area contributed by atoms with Crippen LogP contribution in [0.25, 0.3) is 0 Å². The molecule has 3 rings (SSSR count). The number of hydrogen-bond donors (Lipinski definition) is 2. The highest BCUT2D eigenvalue weighted by molar-refractivity contribution is 6.42. The summed E-state index contributed by atoms with van der Waals surface area (Å²) in [4.78, 5) is 11.7. The molecular formula is C21H24Cl2N2O. The van der Waals surface area contributed by atoms with Gasteiger partial charge in [-0.2, -0.15) is 0 Å². The van der Waals surface area contributed by atoms with E-state index in [0.717, 1.165) is 19.3 Å². The molecule has 0 unspecified atom stereocenters. The second-order valence-electron chi connectivity index (χ2n) is 6.74. The SMILES string of the molecule is CNC(=O)CCc1cccc2c1[C@@H](NC)CC[C@H]2c1ccc(Cl)c(Cl)c1. The lowest BCUT2D eigenvalue weighted by Crippen LogP contribution is -2.26. The fraction of sp³-hybridized carbons (Fsp3) is 0.381. The fourth-order valence-corrected chi connectivity index (χ4v) is 4.26. The van der Waals surface area contributed by atoms with Gasteiger partial charge in [-0.25, -0.2) is 0 Å². The number of aryl methyl sites for hydroxylation is 1. The van der Waals surface area contributed by atoms with Crippen LogP contribution in [0.1, 0.15) is 53.5 Å². The normalized spacial score (nSPS) is 19.1. The topological polar surface area (TPSA) is 41.1 Å². The summed E-state index contributed by atoms with van der Waals surface area (Å²) < 4.78 is 0. The van der Waals surface area contributed by atoms with Crippen LogP contribution in [-0.4, -0.2) is 20.0 Å². The first kappa shape index (κ1) is 19.2. The molecule has 1 aliphatic carbocycles. The molecule has 0 radical (unpaired) electrons. The summed E-state index contributed by atoms with van der Waals surface area (Å²) >= 11 is 12.4. The lowest BCUT2D eigenvalue weighted by molar-refractivity contribution is -0.120. The van der Waals surface area contributed by atoms with E-state index in [4.69, 9.17) is 23.2 Å². The molecule has 1 amide bonds. The number of carbonyl (C=O) groups is 1. The van der Waals surface area contributed by atoms with Crippen molar-refractivity contribution in [2.24, 2.45) is 0 Å². The average Bonchev–Trinajstić information content (AvgIpc) is 2.67. The molecule has 0 spiro atoms. The summed E-state index contributed by atoms with van der Waals surface area (Å²) in [6.07, 6.45) is 3.34. The smallest absolute Gasteiger partial charge is 0.220 e. The van der Waals surface area contributed by atoms with E-state index in [-0.39, 0.29) is 5.91 Å². The van der Waals surface area contributed by atoms with Crippen LogP contribution in [-0.2, 0) is 11.2 Å². The zero-order valence-corrected chi connectivity index (χ0v) is 16.6. The van der Waals surface area contributed by atoms with Crippen molar-refractivity contribution in [2.75, 3.05) is 14.1 Å². The summed E-state index contributed by atoms with van der Waals surface area (Å²) in [5.74, 6) is 0.366. The first-order valence-corrected chi connectivity index (χ1v) is 9.75. The van der Waals surface area contributed by atoms with Gasteiger partial charge in [0.05, 0.1) is 10.0 Å². The molecule has 0 saturated carbocycles. The molecule has 3 nitrogen and oxygen atoms in total. The Hall–Kier alpha value is -1.55. The largest absolute Gasteiger partial charge is 0.359 e. The first-order valence-electron chi connectivity index (χ1n) is 8.99. The molecule has 0 aromatic heterocycles. The van der Waals surface area contributed by atoms with Gasteiger partial charge in [-0.1, -0.05) is 47.5 Å². The average molecular weight is 391 g/mol. The van der Waals surface area contributed by atoms with E-state index >= 15 is 0 Å². The van der Waals surface area contributed by atoms with Crippen LogP contribution in [0.4, 0.5) is 0 Å². The molecule has 2 N–H and O–H groups in total. The maximum atomic E-state index is 11.7. The van der Waals surface area contributed by atoms with Crippen molar-refractivity contribution in [1.82, 2.24) is 10.6 Å². The highest BCUT2D eigenvalue weighted by Gasteiger charge is 2.29. The molecule has 0 fully saturated rings. The van der Waals surface area contributed by atoms with E-state index in [0.29, 0.717) is 28.4 Å². The van der Waals surface area contributed by atoms with Gasteiger partial charge in [0.25, 0.3) is 0 Å². The standard InChI is InChI=1S/C21H24Cl2N2O/c1-24-19-10-8-15(14-6-9-17(22)18(23)12-14)16-5-3-4-13(21(16)19)7-11-20(26)25-2/h3-6,9,12,15,19,24H,7-8,10-11H2,1-2H3,(H,25,26)/t15-,19-/m0/s1. The Balaban J connectivity index is 2.01. The molecule has 2 atom stereocenters. The highest BCUT2D eigenvalue weighted by Crippen LogP contribution is 2.43. The molecule has 1 aliphatic rings. The lowest BCUT2D eigenvalue weighted by atomic mass is 9.74. The number of benzene rings is 2. The third-order valence-corrected chi connectivity index (χ3v) is 6.03. The van der Waals surface area contributed by atoms with Crippen molar-refractivity contribution >= 4 is 29.1 Å². The van der Waals surface area contributed by atoms with Crippen LogP contribution < -0.4 is 10.6 Å². The van der Waals surface area contributed by atoms with E-state index < -0.39 is 0 Å². The molecule has 5 heteroatoms. The molecule has 2 aromatic carbocycles. The first-order chi connectivity index (χ1) is 12.5. The fourth-order valence-electron chi connectivity index (χ4n) is 3.95. The molecule has 0 saturated heterocycles. The zero-order chi connectivity index (χ0) is 18.7. The predicted octanol–water partition coefficient (Wildman–Crippen LogP) is 4.86. The van der Waals surface area contributed by atoms with Gasteiger partial charge in [0.2, 0.25) is 5.91 Å². The van der Waals surface area contributed by atoms with Crippen LogP contribution in [0.2, 0.25) is 10.0 Å². The van der Waals surface area contributed by atoms with Crippen molar-refractivity contribution in [3.8, 4) is 0 Å². The predicted molar refractivity (Wildman–Crippen MR) is 108 cm³/mol. The molecule has 0 heterocycles. The minimum Gasteiger partial charge on any atom is -0.359 e. The van der Waals surface area contributed by atoms with Gasteiger partial charge < -0.3 is 10.6 Å². The Morgan fingerprint density at radius 3 is 2.62 bits per heavy atom. The van der Waals surface area contributed by atoms with E-state index in [1.54, 1.807) is 7.05 Å².